The van der Waals surface area contributed by atoms with E-state index in [9.17, 15) is 19.5 Å². The van der Waals surface area contributed by atoms with Crippen LogP contribution in [-0.2, 0) is 9.59 Å². The van der Waals surface area contributed by atoms with Gasteiger partial charge in [0.25, 0.3) is 5.91 Å². The van der Waals surface area contributed by atoms with Crippen LogP contribution in [0.15, 0.2) is 16.8 Å². The van der Waals surface area contributed by atoms with Gasteiger partial charge in [-0.3, -0.25) is 14.4 Å². The molecule has 0 saturated carbocycles. The quantitative estimate of drug-likeness (QED) is 0.823. The van der Waals surface area contributed by atoms with Gasteiger partial charge >= 0.3 is 5.97 Å². The third-order valence-corrected chi connectivity index (χ3v) is 5.44. The number of hydrogen-bond acceptors (Lipinski definition) is 4. The molecule has 1 N–H and O–H groups in total. The maximum absolute atomic E-state index is 13.1. The normalized spacial score (nSPS) is 17.7. The zero-order valence-electron chi connectivity index (χ0n) is 15.7. The fourth-order valence-corrected chi connectivity index (χ4v) is 4.37. The first kappa shape index (κ1) is 20.4. The minimum atomic E-state index is -0.953. The molecular weight excluding hydrogens is 352 g/mol. The van der Waals surface area contributed by atoms with Gasteiger partial charge in [0.1, 0.15) is 0 Å². The highest BCUT2D eigenvalue weighted by Gasteiger charge is 2.39. The lowest BCUT2D eigenvalue weighted by Crippen LogP contribution is -2.46. The van der Waals surface area contributed by atoms with Crippen molar-refractivity contribution in [3.8, 4) is 0 Å². The van der Waals surface area contributed by atoms with E-state index in [0.717, 1.165) is 0 Å². The van der Waals surface area contributed by atoms with Crippen LogP contribution in [0.4, 0.5) is 0 Å². The van der Waals surface area contributed by atoms with Crippen LogP contribution in [0.3, 0.4) is 0 Å². The van der Waals surface area contributed by atoms with Crippen molar-refractivity contribution in [1.29, 1.82) is 0 Å². The van der Waals surface area contributed by atoms with Crippen molar-refractivity contribution in [2.45, 2.75) is 40.0 Å². The van der Waals surface area contributed by atoms with E-state index in [1.54, 1.807) is 16.7 Å². The van der Waals surface area contributed by atoms with E-state index < -0.39 is 11.4 Å². The summed E-state index contributed by atoms with van der Waals surface area (Å²) in [4.78, 5) is 40.5. The Morgan fingerprint density at radius 3 is 2.42 bits per heavy atom. The summed E-state index contributed by atoms with van der Waals surface area (Å²) in [7, 11) is 0. The van der Waals surface area contributed by atoms with Gasteiger partial charge in [-0.05, 0) is 30.2 Å². The molecule has 0 radical (unpaired) electrons. The largest absolute Gasteiger partial charge is 0.481 e. The Bertz CT molecular complexity index is 644. The van der Waals surface area contributed by atoms with Crippen LogP contribution >= 0.6 is 11.3 Å². The maximum Gasteiger partial charge on any atom is 0.304 e. The van der Waals surface area contributed by atoms with E-state index in [1.165, 1.54) is 11.3 Å². The SMILES string of the molecule is CC(C)CC(C)(CC(=O)O)C(=O)N1CCCN(C(=O)c2ccsc2)CC1. The minimum Gasteiger partial charge on any atom is -0.481 e. The molecule has 7 heteroatoms. The third kappa shape index (κ3) is 5.06. The molecule has 1 aromatic rings. The minimum absolute atomic E-state index is 0.00368. The van der Waals surface area contributed by atoms with Crippen molar-refractivity contribution in [2.75, 3.05) is 26.2 Å². The average Bonchev–Trinajstić information content (AvgIpc) is 2.96. The molecule has 1 fully saturated rings. The van der Waals surface area contributed by atoms with E-state index >= 15 is 0 Å². The first-order valence-corrected chi connectivity index (χ1v) is 10.00. The molecule has 1 aromatic heterocycles. The standard InChI is InChI=1S/C19H28N2O4S/c1-14(2)11-19(3,12-16(22)23)18(25)21-7-4-6-20(8-9-21)17(24)15-5-10-26-13-15/h5,10,13-14H,4,6-9,11-12H2,1-3H3,(H,22,23). The highest BCUT2D eigenvalue weighted by atomic mass is 32.1. The van der Waals surface area contributed by atoms with Crippen molar-refractivity contribution in [3.63, 3.8) is 0 Å². The molecule has 1 aliphatic rings. The third-order valence-electron chi connectivity index (χ3n) is 4.75. The van der Waals surface area contributed by atoms with Crippen LogP contribution in [0, 0.1) is 11.3 Å². The number of thiophene rings is 1. The molecule has 0 bridgehead atoms. The van der Waals surface area contributed by atoms with E-state index in [1.807, 2.05) is 30.7 Å². The van der Waals surface area contributed by atoms with E-state index in [-0.39, 0.29) is 24.2 Å². The summed E-state index contributed by atoms with van der Waals surface area (Å²) in [6.07, 6.45) is 1.07. The van der Waals surface area contributed by atoms with Gasteiger partial charge in [0.15, 0.2) is 0 Å². The Labute approximate surface area is 158 Å². The predicted octanol–water partition coefficient (Wildman–Crippen LogP) is 2.95. The maximum atomic E-state index is 13.1. The summed E-state index contributed by atoms with van der Waals surface area (Å²) in [6.45, 7) is 7.84. The van der Waals surface area contributed by atoms with Crippen LogP contribution in [0.2, 0.25) is 0 Å². The Kier molecular flexibility index (Phi) is 6.81. The summed E-state index contributed by atoms with van der Waals surface area (Å²) in [6, 6.07) is 1.81. The predicted molar refractivity (Wildman–Crippen MR) is 101 cm³/mol. The van der Waals surface area contributed by atoms with E-state index in [0.29, 0.717) is 44.6 Å². The molecular formula is C19H28N2O4S. The Hall–Kier alpha value is -1.89. The van der Waals surface area contributed by atoms with Gasteiger partial charge < -0.3 is 14.9 Å². The van der Waals surface area contributed by atoms with Gasteiger partial charge in [0, 0.05) is 31.6 Å². The summed E-state index contributed by atoms with van der Waals surface area (Å²) >= 11 is 1.49. The van der Waals surface area contributed by atoms with E-state index in [2.05, 4.69) is 0 Å². The number of nitrogens with zero attached hydrogens (tertiary/aromatic N) is 2. The fraction of sp³-hybridized carbons (Fsp3) is 0.632. The van der Waals surface area contributed by atoms with Crippen LogP contribution in [0.5, 0.6) is 0 Å². The highest BCUT2D eigenvalue weighted by Crippen LogP contribution is 2.33. The zero-order valence-corrected chi connectivity index (χ0v) is 16.6. The molecule has 1 unspecified atom stereocenters. The number of carbonyl (C=O) groups excluding carboxylic acids is 2. The number of carbonyl (C=O) groups is 3. The summed E-state index contributed by atoms with van der Waals surface area (Å²) in [5.74, 6) is -0.841. The molecule has 0 spiro atoms. The lowest BCUT2D eigenvalue weighted by Gasteiger charge is -2.34. The number of aliphatic carboxylic acids is 1. The molecule has 144 valence electrons. The molecule has 1 aliphatic heterocycles. The highest BCUT2D eigenvalue weighted by molar-refractivity contribution is 7.08. The molecule has 2 heterocycles. The smallest absolute Gasteiger partial charge is 0.304 e. The van der Waals surface area contributed by atoms with Gasteiger partial charge in [0.2, 0.25) is 5.91 Å². The van der Waals surface area contributed by atoms with Gasteiger partial charge in [-0.25, -0.2) is 0 Å². The molecule has 0 aliphatic carbocycles. The van der Waals surface area contributed by atoms with Crippen LogP contribution in [-0.4, -0.2) is 58.9 Å². The lowest BCUT2D eigenvalue weighted by molar-refractivity contribution is -0.150. The monoisotopic (exact) mass is 380 g/mol. The van der Waals surface area contributed by atoms with Gasteiger partial charge in [-0.15, -0.1) is 0 Å². The van der Waals surface area contributed by atoms with Crippen LogP contribution in [0.1, 0.15) is 50.4 Å². The molecule has 2 amide bonds. The lowest BCUT2D eigenvalue weighted by atomic mass is 9.77. The van der Waals surface area contributed by atoms with Crippen LogP contribution < -0.4 is 0 Å². The first-order chi connectivity index (χ1) is 12.2. The van der Waals surface area contributed by atoms with Crippen molar-refractivity contribution in [2.24, 2.45) is 11.3 Å². The second-order valence-electron chi connectivity index (χ2n) is 7.68. The number of rotatable bonds is 6. The van der Waals surface area contributed by atoms with Crippen molar-refractivity contribution in [3.05, 3.63) is 22.4 Å². The molecule has 1 atom stereocenters. The molecule has 2 rings (SSSR count). The van der Waals surface area contributed by atoms with Crippen LogP contribution in [0.25, 0.3) is 0 Å². The second kappa shape index (κ2) is 8.66. The number of hydrogen-bond donors (Lipinski definition) is 1. The van der Waals surface area contributed by atoms with Crippen molar-refractivity contribution >= 4 is 29.1 Å². The Balaban J connectivity index is 2.07. The number of carboxylic acids is 1. The molecule has 26 heavy (non-hydrogen) atoms. The Morgan fingerprint density at radius 2 is 1.85 bits per heavy atom. The topological polar surface area (TPSA) is 77.9 Å². The average molecular weight is 381 g/mol. The summed E-state index contributed by atoms with van der Waals surface area (Å²) in [5.41, 5.74) is -0.225. The first-order valence-electron chi connectivity index (χ1n) is 9.05. The van der Waals surface area contributed by atoms with E-state index in [4.69, 9.17) is 0 Å². The van der Waals surface area contributed by atoms with Gasteiger partial charge in [-0.1, -0.05) is 20.8 Å². The zero-order chi connectivity index (χ0) is 19.3. The van der Waals surface area contributed by atoms with Gasteiger partial charge in [0.05, 0.1) is 17.4 Å². The second-order valence-corrected chi connectivity index (χ2v) is 8.46. The van der Waals surface area contributed by atoms with Crippen molar-refractivity contribution < 1.29 is 19.5 Å². The van der Waals surface area contributed by atoms with Gasteiger partial charge in [-0.2, -0.15) is 11.3 Å². The number of carboxylic acid groups (broad SMARTS) is 1. The summed E-state index contributed by atoms with van der Waals surface area (Å²) in [5, 5.41) is 13.0. The fourth-order valence-electron chi connectivity index (χ4n) is 3.74. The van der Waals surface area contributed by atoms with Crippen molar-refractivity contribution in [1.82, 2.24) is 9.80 Å². The molecule has 0 aromatic carbocycles. The number of amides is 2. The Morgan fingerprint density at radius 1 is 1.19 bits per heavy atom. The molecule has 6 nitrogen and oxygen atoms in total. The summed E-state index contributed by atoms with van der Waals surface area (Å²) < 4.78 is 0. The molecule has 1 saturated heterocycles.